The lowest BCUT2D eigenvalue weighted by Gasteiger charge is -2.13. The Labute approximate surface area is 146 Å². The van der Waals surface area contributed by atoms with Gasteiger partial charge >= 0.3 is 12.1 Å². The molecule has 0 saturated heterocycles. The third-order valence-corrected chi connectivity index (χ3v) is 3.59. The molecule has 0 unspecified atom stereocenters. The van der Waals surface area contributed by atoms with Crippen molar-refractivity contribution in [1.82, 2.24) is 9.55 Å². The molecule has 0 aliphatic rings. The molecule has 5 nitrogen and oxygen atoms in total. The Morgan fingerprint density at radius 1 is 1.28 bits per heavy atom. The van der Waals surface area contributed by atoms with Crippen LogP contribution >= 0.6 is 11.6 Å². The van der Waals surface area contributed by atoms with Gasteiger partial charge in [0, 0.05) is 30.3 Å². The number of unbranched alkanes of at least 4 members (excludes halogenated alkanes) is 1. The molecule has 9 heteroatoms. The first-order valence-corrected chi connectivity index (χ1v) is 7.79. The first-order chi connectivity index (χ1) is 11.8. The largest absolute Gasteiger partial charge is 0.481 e. The van der Waals surface area contributed by atoms with Crippen LogP contribution in [0.2, 0.25) is 5.02 Å². The van der Waals surface area contributed by atoms with Crippen LogP contribution in [0.15, 0.2) is 41.9 Å². The summed E-state index contributed by atoms with van der Waals surface area (Å²) in [7, 11) is 0. The molecule has 0 aliphatic heterocycles. The summed E-state index contributed by atoms with van der Waals surface area (Å²) in [6, 6.07) is 3.38. The van der Waals surface area contributed by atoms with Gasteiger partial charge in [0.1, 0.15) is 12.2 Å². The topological polar surface area (TPSA) is 67.5 Å². The van der Waals surface area contributed by atoms with Crippen molar-refractivity contribution in [3.05, 3.63) is 47.5 Å². The van der Waals surface area contributed by atoms with Crippen LogP contribution in [0.1, 0.15) is 31.2 Å². The predicted molar refractivity (Wildman–Crippen MR) is 87.3 cm³/mol. The van der Waals surface area contributed by atoms with Gasteiger partial charge in [0.25, 0.3) is 0 Å². The van der Waals surface area contributed by atoms with E-state index in [0.717, 1.165) is 6.07 Å². The molecule has 134 valence electrons. The van der Waals surface area contributed by atoms with Crippen LogP contribution in [0.25, 0.3) is 0 Å². The molecule has 0 fully saturated rings. The summed E-state index contributed by atoms with van der Waals surface area (Å²) in [6.45, 7) is 0. The third-order valence-electron chi connectivity index (χ3n) is 3.36. The first-order valence-electron chi connectivity index (χ1n) is 7.42. The average molecular weight is 374 g/mol. The predicted octanol–water partition coefficient (Wildman–Crippen LogP) is 4.78. The zero-order valence-electron chi connectivity index (χ0n) is 13.0. The Morgan fingerprint density at radius 3 is 2.60 bits per heavy atom. The van der Waals surface area contributed by atoms with Crippen LogP contribution in [-0.4, -0.2) is 26.5 Å². The zero-order valence-corrected chi connectivity index (χ0v) is 13.8. The number of aromatic nitrogens is 2. The van der Waals surface area contributed by atoms with E-state index in [4.69, 9.17) is 16.7 Å². The number of rotatable bonds is 6. The molecule has 1 N–H and O–H groups in total. The fourth-order valence-corrected chi connectivity index (χ4v) is 2.36. The van der Waals surface area contributed by atoms with Gasteiger partial charge in [-0.1, -0.05) is 11.6 Å². The number of halogens is 4. The minimum atomic E-state index is -4.59. The summed E-state index contributed by atoms with van der Waals surface area (Å²) < 4.78 is 41.1. The van der Waals surface area contributed by atoms with E-state index in [1.165, 1.54) is 29.2 Å². The Morgan fingerprint density at radius 2 is 2.00 bits per heavy atom. The van der Waals surface area contributed by atoms with Crippen molar-refractivity contribution in [3.63, 3.8) is 0 Å². The number of nitrogens with zero attached hydrogens (tertiary/aromatic N) is 3. The monoisotopic (exact) mass is 373 g/mol. The number of aliphatic imine (C=N–C) groups is 1. The summed E-state index contributed by atoms with van der Waals surface area (Å²) >= 11 is 5.67. The molecule has 2 rings (SSSR count). The highest BCUT2D eigenvalue weighted by atomic mass is 35.5. The lowest BCUT2D eigenvalue weighted by atomic mass is 10.1. The molecule has 0 aliphatic carbocycles. The van der Waals surface area contributed by atoms with Gasteiger partial charge in [-0.15, -0.1) is 0 Å². The van der Waals surface area contributed by atoms with Gasteiger partial charge in [0.05, 0.1) is 11.3 Å². The van der Waals surface area contributed by atoms with Gasteiger partial charge in [0.15, 0.2) is 0 Å². The van der Waals surface area contributed by atoms with E-state index < -0.39 is 17.7 Å². The number of carboxylic acids is 1. The van der Waals surface area contributed by atoms with Crippen molar-refractivity contribution in [2.45, 2.75) is 31.9 Å². The molecule has 1 heterocycles. The highest BCUT2D eigenvalue weighted by Crippen LogP contribution is 2.38. The second-order valence-corrected chi connectivity index (χ2v) is 5.69. The van der Waals surface area contributed by atoms with Crippen molar-refractivity contribution in [2.75, 3.05) is 0 Å². The Hall–Kier alpha value is -2.35. The first kappa shape index (κ1) is 19.0. The number of aliphatic carboxylic acids is 1. The Kier molecular flexibility index (Phi) is 6.19. The Balaban J connectivity index is 2.33. The minimum absolute atomic E-state index is 0.00798. The number of imidazole rings is 1. The highest BCUT2D eigenvalue weighted by molar-refractivity contribution is 6.30. The minimum Gasteiger partial charge on any atom is -0.481 e. The fraction of sp³-hybridized carbons (Fsp3) is 0.312. The van der Waals surface area contributed by atoms with Gasteiger partial charge < -0.3 is 5.11 Å². The standard InChI is InChI=1S/C16H15ClF3N3O2/c17-11-5-6-13(12(9-11)16(18,19)20)22-14(23-8-7-21-10-23)3-1-2-4-15(24)25/h5-10H,1-4H2,(H,24,25). The number of alkyl halides is 3. The number of hydrogen-bond donors (Lipinski definition) is 1. The van der Waals surface area contributed by atoms with E-state index in [9.17, 15) is 18.0 Å². The summed E-state index contributed by atoms with van der Waals surface area (Å²) in [6.07, 6.45) is 1.06. The van der Waals surface area contributed by atoms with Crippen molar-refractivity contribution in [1.29, 1.82) is 0 Å². The summed E-state index contributed by atoms with van der Waals surface area (Å²) in [5, 5.41) is 8.64. The third kappa shape index (κ3) is 5.60. The molecule has 2 aromatic rings. The second kappa shape index (κ2) is 8.15. The molecule has 0 radical (unpaired) electrons. The second-order valence-electron chi connectivity index (χ2n) is 5.26. The molecule has 1 aromatic heterocycles. The average Bonchev–Trinajstić information content (AvgIpc) is 3.04. The van der Waals surface area contributed by atoms with Crippen molar-refractivity contribution in [2.24, 2.45) is 4.99 Å². The molecular weight excluding hydrogens is 359 g/mol. The van der Waals surface area contributed by atoms with Gasteiger partial charge in [0.2, 0.25) is 0 Å². The number of benzene rings is 1. The number of carboxylic acid groups (broad SMARTS) is 1. The van der Waals surface area contributed by atoms with E-state index in [1.807, 2.05) is 0 Å². The lowest BCUT2D eigenvalue weighted by molar-refractivity contribution is -0.138. The van der Waals surface area contributed by atoms with Gasteiger partial charge in [-0.3, -0.25) is 9.36 Å². The smallest absolute Gasteiger partial charge is 0.418 e. The molecule has 1 aromatic carbocycles. The molecule has 0 atom stereocenters. The molecule has 0 saturated carbocycles. The van der Waals surface area contributed by atoms with Crippen LogP contribution in [0.3, 0.4) is 0 Å². The molecular formula is C16H15ClF3N3O2. The molecule has 0 bridgehead atoms. The molecule has 25 heavy (non-hydrogen) atoms. The van der Waals surface area contributed by atoms with E-state index in [0.29, 0.717) is 25.1 Å². The maximum absolute atomic E-state index is 13.2. The van der Waals surface area contributed by atoms with Crippen LogP contribution in [-0.2, 0) is 11.0 Å². The van der Waals surface area contributed by atoms with Crippen molar-refractivity contribution >= 4 is 29.1 Å². The zero-order chi connectivity index (χ0) is 18.4. The number of hydrogen-bond acceptors (Lipinski definition) is 3. The van der Waals surface area contributed by atoms with Crippen LogP contribution in [0.5, 0.6) is 0 Å². The number of carbonyl (C=O) groups is 1. The fourth-order valence-electron chi connectivity index (χ4n) is 2.19. The van der Waals surface area contributed by atoms with Gasteiger partial charge in [-0.2, -0.15) is 13.2 Å². The summed E-state index contributed by atoms with van der Waals surface area (Å²) in [5.41, 5.74) is -1.18. The van der Waals surface area contributed by atoms with E-state index >= 15 is 0 Å². The summed E-state index contributed by atoms with van der Waals surface area (Å²) in [5.74, 6) is -0.575. The summed E-state index contributed by atoms with van der Waals surface area (Å²) in [4.78, 5) is 18.6. The Bertz CT molecular complexity index is 758. The maximum Gasteiger partial charge on any atom is 0.418 e. The van der Waals surface area contributed by atoms with Crippen LogP contribution in [0.4, 0.5) is 18.9 Å². The SMILES string of the molecule is O=C(O)CCCCC(=Nc1ccc(Cl)cc1C(F)(F)F)n1ccnc1. The normalized spacial score (nSPS) is 12.4. The van der Waals surface area contributed by atoms with Crippen LogP contribution in [0, 0.1) is 0 Å². The maximum atomic E-state index is 13.2. The molecule has 0 amide bonds. The van der Waals surface area contributed by atoms with Crippen molar-refractivity contribution < 1.29 is 23.1 Å². The molecule has 0 spiro atoms. The lowest BCUT2D eigenvalue weighted by Crippen LogP contribution is -2.11. The van der Waals surface area contributed by atoms with Gasteiger partial charge in [-0.25, -0.2) is 9.98 Å². The van der Waals surface area contributed by atoms with Gasteiger partial charge in [-0.05, 0) is 31.0 Å². The quantitative estimate of drug-likeness (QED) is 0.450. The van der Waals surface area contributed by atoms with E-state index in [2.05, 4.69) is 9.98 Å². The van der Waals surface area contributed by atoms with E-state index in [1.54, 1.807) is 6.20 Å². The van der Waals surface area contributed by atoms with Crippen LogP contribution < -0.4 is 0 Å². The van der Waals surface area contributed by atoms with E-state index in [-0.39, 0.29) is 17.1 Å². The highest BCUT2D eigenvalue weighted by Gasteiger charge is 2.34. The van der Waals surface area contributed by atoms with Crippen molar-refractivity contribution in [3.8, 4) is 0 Å².